The van der Waals surface area contributed by atoms with Crippen LogP contribution in [0.3, 0.4) is 0 Å². The molecule has 1 fully saturated rings. The molecular weight excluding hydrogens is 338 g/mol. The molecule has 1 amide bonds. The van der Waals surface area contributed by atoms with Crippen LogP contribution in [0.5, 0.6) is 5.75 Å². The van der Waals surface area contributed by atoms with Crippen molar-refractivity contribution in [3.8, 4) is 5.75 Å². The first-order valence-electron chi connectivity index (χ1n) is 6.79. The van der Waals surface area contributed by atoms with Crippen molar-refractivity contribution >= 4 is 27.8 Å². The van der Waals surface area contributed by atoms with Crippen molar-refractivity contribution in [3.05, 3.63) is 28.2 Å². The topological polar surface area (TPSA) is 75.6 Å². The molecule has 5 nitrogen and oxygen atoms in total. The summed E-state index contributed by atoms with van der Waals surface area (Å²) in [7, 11) is 1.60. The van der Waals surface area contributed by atoms with E-state index in [-0.39, 0.29) is 12.5 Å². The summed E-state index contributed by atoms with van der Waals surface area (Å²) in [6.45, 7) is 0.230. The highest BCUT2D eigenvalue weighted by Crippen LogP contribution is 2.45. The normalized spacial score (nSPS) is 15.3. The van der Waals surface area contributed by atoms with Crippen LogP contribution < -0.4 is 10.1 Å². The predicted molar refractivity (Wildman–Crippen MR) is 81.3 cm³/mol. The first kappa shape index (κ1) is 15.8. The number of carbonyl (C=O) groups excluding carboxylic acids is 1. The molecule has 2 rings (SSSR count). The number of carboxylic acid groups (broad SMARTS) is 1. The monoisotopic (exact) mass is 355 g/mol. The molecule has 1 saturated carbocycles. The third-order valence-electron chi connectivity index (χ3n) is 3.79. The van der Waals surface area contributed by atoms with Crippen LogP contribution in [-0.4, -0.2) is 30.6 Å². The Morgan fingerprint density at radius 2 is 2.14 bits per heavy atom. The van der Waals surface area contributed by atoms with E-state index < -0.39 is 11.4 Å². The second-order valence-corrected chi connectivity index (χ2v) is 6.19. The third-order valence-corrected chi connectivity index (χ3v) is 4.41. The van der Waals surface area contributed by atoms with Crippen LogP contribution in [0.4, 0.5) is 0 Å². The number of aryl methyl sites for hydroxylation is 1. The van der Waals surface area contributed by atoms with Crippen LogP contribution >= 0.6 is 15.9 Å². The molecule has 0 heterocycles. The van der Waals surface area contributed by atoms with Crippen molar-refractivity contribution in [2.75, 3.05) is 13.7 Å². The quantitative estimate of drug-likeness (QED) is 0.787. The Labute approximate surface area is 131 Å². The van der Waals surface area contributed by atoms with E-state index in [1.807, 2.05) is 18.2 Å². The molecule has 2 N–H and O–H groups in total. The zero-order valence-corrected chi connectivity index (χ0v) is 13.4. The number of hydrogen-bond donors (Lipinski definition) is 2. The lowest BCUT2D eigenvalue weighted by atomic mass is 10.1. The number of hydrogen-bond acceptors (Lipinski definition) is 3. The number of ether oxygens (including phenoxy) is 1. The van der Waals surface area contributed by atoms with Gasteiger partial charge in [-0.2, -0.15) is 0 Å². The molecule has 6 heteroatoms. The summed E-state index contributed by atoms with van der Waals surface area (Å²) in [5.41, 5.74) is 0.316. The molecular formula is C15H18BrNO4. The summed E-state index contributed by atoms with van der Waals surface area (Å²) >= 11 is 3.40. The number of carbonyl (C=O) groups is 2. The SMILES string of the molecule is COc1ccc(CCC(=O)NCC2(C(=O)O)CC2)cc1Br. The molecule has 21 heavy (non-hydrogen) atoms. The minimum atomic E-state index is -0.818. The van der Waals surface area contributed by atoms with E-state index in [0.29, 0.717) is 25.7 Å². The molecule has 0 spiro atoms. The summed E-state index contributed by atoms with van der Waals surface area (Å²) in [5, 5.41) is 11.8. The van der Waals surface area contributed by atoms with Gasteiger partial charge in [0, 0.05) is 13.0 Å². The molecule has 114 valence electrons. The first-order valence-corrected chi connectivity index (χ1v) is 7.59. The Kier molecular flexibility index (Phi) is 4.88. The smallest absolute Gasteiger partial charge is 0.311 e. The maximum absolute atomic E-state index is 11.8. The Bertz CT molecular complexity index is 555. The summed E-state index contributed by atoms with van der Waals surface area (Å²) in [4.78, 5) is 22.8. The molecule has 0 radical (unpaired) electrons. The molecule has 1 aromatic rings. The van der Waals surface area contributed by atoms with Crippen molar-refractivity contribution in [1.29, 1.82) is 0 Å². The number of rotatable bonds is 7. The second kappa shape index (κ2) is 6.47. The average Bonchev–Trinajstić information content (AvgIpc) is 3.24. The van der Waals surface area contributed by atoms with Gasteiger partial charge in [-0.15, -0.1) is 0 Å². The highest BCUT2D eigenvalue weighted by atomic mass is 79.9. The van der Waals surface area contributed by atoms with Gasteiger partial charge in [-0.25, -0.2) is 0 Å². The number of nitrogens with one attached hydrogen (secondary N) is 1. The number of methoxy groups -OCH3 is 1. The van der Waals surface area contributed by atoms with Gasteiger partial charge in [-0.05, 0) is 52.9 Å². The van der Waals surface area contributed by atoms with Crippen molar-refractivity contribution < 1.29 is 19.4 Å². The Morgan fingerprint density at radius 1 is 1.43 bits per heavy atom. The maximum atomic E-state index is 11.8. The largest absolute Gasteiger partial charge is 0.496 e. The third kappa shape index (κ3) is 3.97. The Balaban J connectivity index is 1.79. The molecule has 0 atom stereocenters. The number of halogens is 1. The van der Waals surface area contributed by atoms with Gasteiger partial charge in [0.25, 0.3) is 0 Å². The molecule has 1 aromatic carbocycles. The lowest BCUT2D eigenvalue weighted by Crippen LogP contribution is -2.34. The van der Waals surface area contributed by atoms with Gasteiger partial charge in [-0.3, -0.25) is 9.59 Å². The number of benzene rings is 1. The van der Waals surface area contributed by atoms with Gasteiger partial charge in [0.2, 0.25) is 5.91 Å². The zero-order valence-electron chi connectivity index (χ0n) is 11.8. The van der Waals surface area contributed by atoms with Gasteiger partial charge in [0.1, 0.15) is 5.75 Å². The summed E-state index contributed by atoms with van der Waals surface area (Å²) in [6.07, 6.45) is 2.24. The van der Waals surface area contributed by atoms with Crippen LogP contribution in [0, 0.1) is 5.41 Å². The number of carboxylic acids is 1. The number of amides is 1. The van der Waals surface area contributed by atoms with Gasteiger partial charge >= 0.3 is 5.97 Å². The summed E-state index contributed by atoms with van der Waals surface area (Å²) in [5.74, 6) is -0.184. The molecule has 1 aliphatic rings. The van der Waals surface area contributed by atoms with Crippen LogP contribution in [-0.2, 0) is 16.0 Å². The second-order valence-electron chi connectivity index (χ2n) is 5.33. The van der Waals surface area contributed by atoms with Crippen molar-refractivity contribution in [1.82, 2.24) is 5.32 Å². The average molecular weight is 356 g/mol. The van der Waals surface area contributed by atoms with E-state index in [0.717, 1.165) is 15.8 Å². The van der Waals surface area contributed by atoms with Crippen LogP contribution in [0.2, 0.25) is 0 Å². The minimum absolute atomic E-state index is 0.116. The van der Waals surface area contributed by atoms with Crippen molar-refractivity contribution in [2.24, 2.45) is 5.41 Å². The highest BCUT2D eigenvalue weighted by Gasteiger charge is 2.50. The standard InChI is InChI=1S/C15H18BrNO4/c1-21-12-4-2-10(8-11(12)16)3-5-13(18)17-9-15(6-7-15)14(19)20/h2,4,8H,3,5-7,9H2,1H3,(H,17,18)(H,19,20). The number of aliphatic carboxylic acids is 1. The molecule has 0 bridgehead atoms. The molecule has 0 unspecified atom stereocenters. The van der Waals surface area contributed by atoms with Crippen LogP contribution in [0.1, 0.15) is 24.8 Å². The van der Waals surface area contributed by atoms with E-state index in [9.17, 15) is 9.59 Å². The van der Waals surface area contributed by atoms with E-state index in [2.05, 4.69) is 21.2 Å². The fraction of sp³-hybridized carbons (Fsp3) is 0.467. The van der Waals surface area contributed by atoms with Crippen molar-refractivity contribution in [2.45, 2.75) is 25.7 Å². The molecule has 0 aliphatic heterocycles. The highest BCUT2D eigenvalue weighted by molar-refractivity contribution is 9.10. The predicted octanol–water partition coefficient (Wildman–Crippen LogP) is 2.37. The van der Waals surface area contributed by atoms with Gasteiger partial charge in [-0.1, -0.05) is 6.07 Å². The molecule has 1 aliphatic carbocycles. The summed E-state index contributed by atoms with van der Waals surface area (Å²) < 4.78 is 6.00. The van der Waals surface area contributed by atoms with Gasteiger partial charge in [0.05, 0.1) is 17.0 Å². The molecule has 0 saturated heterocycles. The zero-order chi connectivity index (χ0) is 15.5. The lowest BCUT2D eigenvalue weighted by Gasteiger charge is -2.11. The van der Waals surface area contributed by atoms with Crippen LogP contribution in [0.15, 0.2) is 22.7 Å². The maximum Gasteiger partial charge on any atom is 0.311 e. The first-order chi connectivity index (χ1) is 9.97. The fourth-order valence-electron chi connectivity index (χ4n) is 2.10. The van der Waals surface area contributed by atoms with Crippen molar-refractivity contribution in [3.63, 3.8) is 0 Å². The summed E-state index contributed by atoms with van der Waals surface area (Å²) in [6, 6.07) is 5.68. The van der Waals surface area contributed by atoms with Crippen LogP contribution in [0.25, 0.3) is 0 Å². The van der Waals surface area contributed by atoms with Gasteiger partial charge < -0.3 is 15.2 Å². The molecule has 0 aromatic heterocycles. The lowest BCUT2D eigenvalue weighted by molar-refractivity contribution is -0.143. The van der Waals surface area contributed by atoms with E-state index >= 15 is 0 Å². The van der Waals surface area contributed by atoms with E-state index in [4.69, 9.17) is 9.84 Å². The van der Waals surface area contributed by atoms with E-state index in [1.165, 1.54) is 0 Å². The Hall–Kier alpha value is -1.56. The minimum Gasteiger partial charge on any atom is -0.496 e. The van der Waals surface area contributed by atoms with Gasteiger partial charge in [0.15, 0.2) is 0 Å². The fourth-order valence-corrected chi connectivity index (χ4v) is 2.68. The Morgan fingerprint density at radius 3 is 2.67 bits per heavy atom. The van der Waals surface area contributed by atoms with E-state index in [1.54, 1.807) is 7.11 Å².